The maximum Gasteiger partial charge on any atom is 0.275 e. The zero-order valence-corrected chi connectivity index (χ0v) is 50.5. The molecule has 0 radical (unpaired) electrons. The normalized spacial score (nSPS) is 19.2. The zero-order chi connectivity index (χ0) is 57.8. The Kier molecular flexibility index (Phi) is 17.2. The summed E-state index contributed by atoms with van der Waals surface area (Å²) in [6.07, 6.45) is 25.3. The van der Waals surface area contributed by atoms with Crippen molar-refractivity contribution in [3.05, 3.63) is 146 Å². The van der Waals surface area contributed by atoms with E-state index in [0.717, 1.165) is 131 Å². The van der Waals surface area contributed by atoms with Crippen LogP contribution in [-0.4, -0.2) is 118 Å². The van der Waals surface area contributed by atoms with Gasteiger partial charge in [0, 0.05) is 71.0 Å². The third kappa shape index (κ3) is 11.8. The molecule has 0 N–H and O–H groups in total. The molecule has 434 valence electrons. The molecule has 2 aromatic carbocycles. The highest BCUT2D eigenvalue weighted by Crippen LogP contribution is 2.46. The Bertz CT molecular complexity index is 3560. The molecule has 0 spiro atoms. The molecule has 2 saturated heterocycles. The number of ether oxygens (including phenoxy) is 5. The highest BCUT2D eigenvalue weighted by Gasteiger charge is 2.43. The molecule has 1 aliphatic carbocycles. The first-order valence-corrected chi connectivity index (χ1v) is 30.8. The predicted octanol–water partition coefficient (Wildman–Crippen LogP) is 13.3. The minimum absolute atomic E-state index is 0.0767. The van der Waals surface area contributed by atoms with Gasteiger partial charge in [-0.15, -0.1) is 5.73 Å². The van der Waals surface area contributed by atoms with E-state index in [1.807, 2.05) is 37.5 Å². The first kappa shape index (κ1) is 57.5. The van der Waals surface area contributed by atoms with Crippen molar-refractivity contribution in [1.29, 1.82) is 0 Å². The molecule has 2 fully saturated rings. The number of aryl methyl sites for hydroxylation is 3. The number of carbonyl (C=O) groups is 2. The molecule has 2 amide bonds. The molecule has 11 rings (SSSR count). The van der Waals surface area contributed by atoms with E-state index in [9.17, 15) is 4.79 Å². The van der Waals surface area contributed by atoms with Crippen molar-refractivity contribution in [2.45, 2.75) is 137 Å². The monoisotopic (exact) mass is 1140 g/mol. The van der Waals surface area contributed by atoms with Gasteiger partial charge in [0.2, 0.25) is 0 Å². The smallest absolute Gasteiger partial charge is 0.275 e. The molecule has 3 aromatic heterocycles. The van der Waals surface area contributed by atoms with Crippen LogP contribution in [0.15, 0.2) is 117 Å². The number of rotatable bonds is 18. The van der Waals surface area contributed by atoms with Gasteiger partial charge in [0.05, 0.1) is 74.3 Å². The topological polar surface area (TPSA) is 135 Å². The SMILES string of the molecule is CCCC1=CC(c2cc3c(cc2OC)OCC(C(=C=CCCc2ccsc2)C(=O)N2CCOCC2(C)C)=C3C)=CC(CCC2(C)COCCN2C(=O)c2nn(C3=CCCC=C3)c3c2COc2cc(CC)c(-c4cnn(CCC)c4)cc2-3)=NC1. The second kappa shape index (κ2) is 24.9. The van der Waals surface area contributed by atoms with Crippen LogP contribution in [0.1, 0.15) is 138 Å². The Morgan fingerprint density at radius 3 is 2.46 bits per heavy atom. The van der Waals surface area contributed by atoms with E-state index in [0.29, 0.717) is 81.7 Å². The number of benzene rings is 2. The standard InChI is InChI=1S/C68H79N7O7S/c1-9-17-47-31-49(56-34-54-45(4)58(40-81-62(54)36-60(56)78-8)53(21-16-15-18-46-23-30-83-42-46)65(76)73-26-28-79-43-67(73,5)6)32-51(69-37-47)22-24-68(7)44-80-29-27-74(68)66(77)63-59-41-82-61-33-48(11-3)55(50-38-70-72(39-50)25-10-2)35-57(61)64(59)75(71-63)52-19-13-12-14-20-52/h13,16,19-20,23,30-36,38-39,42H,9-12,14-15,17-18,22,24-29,37,40-41,43-44H2,1-8H3. The molecular weight excluding hydrogens is 1060 g/mol. The number of aliphatic imine (C=N–C) groups is 1. The highest BCUT2D eigenvalue weighted by atomic mass is 32.1. The van der Waals surface area contributed by atoms with Crippen LogP contribution >= 0.6 is 11.3 Å². The quantitative estimate of drug-likeness (QED) is 0.0621. The third-order valence-electron chi connectivity index (χ3n) is 17.1. The van der Waals surface area contributed by atoms with E-state index in [2.05, 4.69) is 131 Å². The number of allylic oxidation sites excluding steroid dienone is 8. The van der Waals surface area contributed by atoms with Gasteiger partial charge in [0.15, 0.2) is 5.69 Å². The van der Waals surface area contributed by atoms with Crippen LogP contribution in [0.2, 0.25) is 0 Å². The largest absolute Gasteiger partial charge is 0.496 e. The fourth-order valence-corrected chi connectivity index (χ4v) is 13.1. The number of fused-ring (bicyclic) bond motifs is 4. The maximum atomic E-state index is 15.5. The third-order valence-corrected chi connectivity index (χ3v) is 17.8. The summed E-state index contributed by atoms with van der Waals surface area (Å²) in [6.45, 7) is 19.3. The zero-order valence-electron chi connectivity index (χ0n) is 49.7. The summed E-state index contributed by atoms with van der Waals surface area (Å²) in [6, 6.07) is 10.7. The van der Waals surface area contributed by atoms with Crippen molar-refractivity contribution in [3.63, 3.8) is 0 Å². The van der Waals surface area contributed by atoms with Crippen molar-refractivity contribution in [2.24, 2.45) is 4.99 Å². The minimum atomic E-state index is -0.690. The Hall–Kier alpha value is -7.29. The summed E-state index contributed by atoms with van der Waals surface area (Å²) < 4.78 is 35.5. The number of amides is 2. The molecule has 1 atom stereocenters. The molecular formula is C68H79N7O7S. The van der Waals surface area contributed by atoms with Gasteiger partial charge in [-0.3, -0.25) is 19.3 Å². The number of hydrogen-bond donors (Lipinski definition) is 0. The van der Waals surface area contributed by atoms with Gasteiger partial charge in [-0.25, -0.2) is 4.68 Å². The number of hydrogen-bond acceptors (Lipinski definition) is 11. The Morgan fingerprint density at radius 1 is 0.892 bits per heavy atom. The summed E-state index contributed by atoms with van der Waals surface area (Å²) in [4.78, 5) is 39.5. The lowest BCUT2D eigenvalue weighted by molar-refractivity contribution is -0.141. The number of carbonyl (C=O) groups excluding carboxylic acids is 2. The molecule has 5 aromatic rings. The second-order valence-electron chi connectivity index (χ2n) is 23.5. The summed E-state index contributed by atoms with van der Waals surface area (Å²) in [5.74, 6) is 1.95. The van der Waals surface area contributed by atoms with E-state index in [4.69, 9.17) is 33.8 Å². The van der Waals surface area contributed by atoms with E-state index >= 15 is 4.79 Å². The number of nitrogens with zero attached hydrogens (tertiary/aromatic N) is 7. The van der Waals surface area contributed by atoms with Crippen molar-refractivity contribution >= 4 is 45.7 Å². The van der Waals surface area contributed by atoms with Crippen LogP contribution in [-0.2, 0) is 40.3 Å². The Morgan fingerprint density at radius 2 is 1.70 bits per heavy atom. The summed E-state index contributed by atoms with van der Waals surface area (Å²) in [7, 11) is 1.70. The molecule has 15 heteroatoms. The van der Waals surface area contributed by atoms with Crippen LogP contribution in [0, 0.1) is 0 Å². The van der Waals surface area contributed by atoms with Gasteiger partial charge in [0.25, 0.3) is 11.8 Å². The van der Waals surface area contributed by atoms with Gasteiger partial charge in [0.1, 0.15) is 30.5 Å². The van der Waals surface area contributed by atoms with Crippen LogP contribution < -0.4 is 14.2 Å². The van der Waals surface area contributed by atoms with Crippen molar-refractivity contribution in [3.8, 4) is 39.6 Å². The fraction of sp³-hybridized carbons (Fsp3) is 0.441. The number of methoxy groups -OCH3 is 1. The first-order chi connectivity index (χ1) is 40.3. The van der Waals surface area contributed by atoms with Gasteiger partial charge < -0.3 is 33.5 Å². The van der Waals surface area contributed by atoms with Gasteiger partial charge in [-0.05, 0) is 172 Å². The van der Waals surface area contributed by atoms with Crippen molar-refractivity contribution in [2.75, 3.05) is 59.8 Å². The van der Waals surface area contributed by atoms with E-state index in [1.54, 1.807) is 18.4 Å². The van der Waals surface area contributed by atoms with Gasteiger partial charge in [-0.1, -0.05) is 45.4 Å². The first-order valence-electron chi connectivity index (χ1n) is 29.9. The Balaban J connectivity index is 0.912. The summed E-state index contributed by atoms with van der Waals surface area (Å²) in [5.41, 5.74) is 18.0. The average Bonchev–Trinajstić information content (AvgIpc) is 2.75. The number of morpholine rings is 2. The van der Waals surface area contributed by atoms with Crippen molar-refractivity contribution in [1.82, 2.24) is 29.4 Å². The maximum absolute atomic E-state index is 15.5. The lowest BCUT2D eigenvalue weighted by atomic mass is 9.88. The van der Waals surface area contributed by atoms with Crippen LogP contribution in [0.3, 0.4) is 0 Å². The van der Waals surface area contributed by atoms with Crippen LogP contribution in [0.25, 0.3) is 39.2 Å². The number of thiophene rings is 1. The number of aromatic nitrogens is 4. The summed E-state index contributed by atoms with van der Waals surface area (Å²) >= 11 is 1.69. The molecule has 14 nitrogen and oxygen atoms in total. The molecule has 83 heavy (non-hydrogen) atoms. The lowest BCUT2D eigenvalue weighted by Gasteiger charge is -2.44. The van der Waals surface area contributed by atoms with E-state index < -0.39 is 11.1 Å². The fourth-order valence-electron chi connectivity index (χ4n) is 12.4. The second-order valence-corrected chi connectivity index (χ2v) is 24.2. The molecule has 0 saturated carbocycles. The van der Waals surface area contributed by atoms with Crippen LogP contribution in [0.5, 0.6) is 17.2 Å². The molecule has 1 unspecified atom stereocenters. The molecule has 0 bridgehead atoms. The highest BCUT2D eigenvalue weighted by molar-refractivity contribution is 7.07. The summed E-state index contributed by atoms with van der Waals surface area (Å²) in [5, 5.41) is 14.2. The predicted molar refractivity (Wildman–Crippen MR) is 330 cm³/mol. The molecule has 5 aliphatic heterocycles. The van der Waals surface area contributed by atoms with E-state index in [-0.39, 0.29) is 25.0 Å². The van der Waals surface area contributed by atoms with Gasteiger partial charge in [-0.2, -0.15) is 21.5 Å². The van der Waals surface area contributed by atoms with Crippen LogP contribution in [0.4, 0.5) is 0 Å². The minimum Gasteiger partial charge on any atom is -0.496 e. The van der Waals surface area contributed by atoms with Gasteiger partial charge >= 0.3 is 0 Å². The average molecular weight is 1140 g/mol. The molecule has 6 aliphatic rings. The lowest BCUT2D eigenvalue weighted by Crippen LogP contribution is -2.57. The van der Waals surface area contributed by atoms with Crippen molar-refractivity contribution < 1.29 is 33.3 Å². The Labute approximate surface area is 493 Å². The van der Waals surface area contributed by atoms with E-state index in [1.165, 1.54) is 16.7 Å². The molecule has 8 heterocycles.